The summed E-state index contributed by atoms with van der Waals surface area (Å²) in [6.07, 6.45) is 1.61. The maximum absolute atomic E-state index is 13.4. The molecule has 0 atom stereocenters. The highest BCUT2D eigenvalue weighted by molar-refractivity contribution is 5.71. The van der Waals surface area contributed by atoms with Crippen LogP contribution in [0, 0.1) is 11.6 Å². The molecule has 0 spiro atoms. The molecule has 5 heteroatoms. The van der Waals surface area contributed by atoms with Gasteiger partial charge in [0, 0.05) is 5.56 Å². The van der Waals surface area contributed by atoms with E-state index in [1.54, 1.807) is 6.08 Å². The van der Waals surface area contributed by atoms with E-state index >= 15 is 0 Å². The van der Waals surface area contributed by atoms with Crippen LogP contribution in [0.25, 0.3) is 0 Å². The molecule has 0 amide bonds. The minimum absolute atomic E-state index is 0.112. The Kier molecular flexibility index (Phi) is 4.63. The lowest BCUT2D eigenvalue weighted by Gasteiger charge is -2.11. The first-order valence-electron chi connectivity index (χ1n) is 4.98. The van der Waals surface area contributed by atoms with Crippen LogP contribution in [0.3, 0.4) is 0 Å². The van der Waals surface area contributed by atoms with Crippen molar-refractivity contribution in [3.8, 4) is 5.75 Å². The van der Waals surface area contributed by atoms with Crippen molar-refractivity contribution in [1.82, 2.24) is 0 Å². The molecule has 1 aromatic carbocycles. The van der Waals surface area contributed by atoms with Crippen molar-refractivity contribution >= 4 is 5.97 Å². The molecule has 92 valence electrons. The van der Waals surface area contributed by atoms with E-state index in [1.165, 1.54) is 6.07 Å². The van der Waals surface area contributed by atoms with Gasteiger partial charge in [0.15, 0.2) is 11.6 Å². The Morgan fingerprint density at radius 1 is 1.47 bits per heavy atom. The molecule has 0 unspecified atom stereocenters. The molecule has 0 fully saturated rings. The topological polar surface area (TPSA) is 46.5 Å². The predicted molar refractivity (Wildman–Crippen MR) is 58.0 cm³/mol. The summed E-state index contributed by atoms with van der Waals surface area (Å²) >= 11 is 0. The van der Waals surface area contributed by atoms with Gasteiger partial charge < -0.3 is 9.84 Å². The summed E-state index contributed by atoms with van der Waals surface area (Å²) in [7, 11) is 0. The van der Waals surface area contributed by atoms with Crippen molar-refractivity contribution in [3.05, 3.63) is 42.0 Å². The number of hydrogen-bond donors (Lipinski definition) is 1. The highest BCUT2D eigenvalue weighted by Gasteiger charge is 2.16. The number of rotatable bonds is 6. The minimum Gasteiger partial charge on any atom is -0.490 e. The quantitative estimate of drug-likeness (QED) is 0.616. The van der Waals surface area contributed by atoms with Gasteiger partial charge in [-0.15, -0.1) is 6.58 Å². The zero-order valence-corrected chi connectivity index (χ0v) is 9.08. The van der Waals surface area contributed by atoms with Crippen molar-refractivity contribution in [2.75, 3.05) is 6.61 Å². The van der Waals surface area contributed by atoms with Crippen molar-refractivity contribution < 1.29 is 23.4 Å². The number of halogens is 2. The van der Waals surface area contributed by atoms with E-state index in [0.717, 1.165) is 6.07 Å². The second-order valence-corrected chi connectivity index (χ2v) is 3.35. The van der Waals surface area contributed by atoms with Gasteiger partial charge in [-0.3, -0.25) is 4.79 Å². The molecular formula is C12H12F2O3. The molecule has 0 aliphatic rings. The SMILES string of the molecule is C=CCCOc1c(CC(=O)O)ccc(F)c1F. The zero-order chi connectivity index (χ0) is 12.8. The molecule has 0 aliphatic heterocycles. The predicted octanol–water partition coefficient (Wildman–Crippen LogP) is 2.55. The van der Waals surface area contributed by atoms with E-state index in [4.69, 9.17) is 9.84 Å². The fraction of sp³-hybridized carbons (Fsp3) is 0.250. The highest BCUT2D eigenvalue weighted by atomic mass is 19.2. The normalized spacial score (nSPS) is 10.0. The van der Waals surface area contributed by atoms with Gasteiger partial charge in [-0.25, -0.2) is 4.39 Å². The molecule has 17 heavy (non-hydrogen) atoms. The average Bonchev–Trinajstić information content (AvgIpc) is 2.27. The molecular weight excluding hydrogens is 230 g/mol. The van der Waals surface area contributed by atoms with E-state index in [0.29, 0.717) is 6.42 Å². The van der Waals surface area contributed by atoms with Crippen LogP contribution in [0.5, 0.6) is 5.75 Å². The van der Waals surface area contributed by atoms with Crippen LogP contribution >= 0.6 is 0 Å². The third kappa shape index (κ3) is 3.55. The molecule has 3 nitrogen and oxygen atoms in total. The Morgan fingerprint density at radius 3 is 2.76 bits per heavy atom. The summed E-state index contributed by atoms with van der Waals surface area (Å²) in [6.45, 7) is 3.58. The zero-order valence-electron chi connectivity index (χ0n) is 9.08. The lowest BCUT2D eigenvalue weighted by Crippen LogP contribution is -2.07. The van der Waals surface area contributed by atoms with Crippen LogP contribution in [0.4, 0.5) is 8.78 Å². The Hall–Kier alpha value is -1.91. The Morgan fingerprint density at radius 2 is 2.18 bits per heavy atom. The molecule has 0 aromatic heterocycles. The van der Waals surface area contributed by atoms with E-state index in [-0.39, 0.29) is 17.9 Å². The summed E-state index contributed by atoms with van der Waals surface area (Å²) < 4.78 is 31.4. The van der Waals surface area contributed by atoms with Crippen LogP contribution in [0.1, 0.15) is 12.0 Å². The minimum atomic E-state index is -1.16. The van der Waals surface area contributed by atoms with Crippen molar-refractivity contribution in [3.63, 3.8) is 0 Å². The summed E-state index contributed by atoms with van der Waals surface area (Å²) in [4.78, 5) is 10.6. The number of aliphatic carboxylic acids is 1. The van der Waals surface area contributed by atoms with Gasteiger partial charge in [0.1, 0.15) is 0 Å². The smallest absolute Gasteiger partial charge is 0.307 e. The van der Waals surface area contributed by atoms with Gasteiger partial charge in [-0.1, -0.05) is 12.1 Å². The molecule has 0 bridgehead atoms. The Labute approximate surface area is 97.3 Å². The van der Waals surface area contributed by atoms with E-state index in [1.807, 2.05) is 0 Å². The Balaban J connectivity index is 2.98. The number of carbonyl (C=O) groups is 1. The van der Waals surface area contributed by atoms with Crippen LogP contribution in [0.15, 0.2) is 24.8 Å². The fourth-order valence-corrected chi connectivity index (χ4v) is 1.27. The summed E-state index contributed by atoms with van der Waals surface area (Å²) in [5, 5.41) is 8.64. The third-order valence-corrected chi connectivity index (χ3v) is 2.04. The standard InChI is InChI=1S/C12H12F2O3/c1-2-3-6-17-12-8(7-10(15)16)4-5-9(13)11(12)14/h2,4-5H,1,3,6-7H2,(H,15,16). The van der Waals surface area contributed by atoms with E-state index in [9.17, 15) is 13.6 Å². The largest absolute Gasteiger partial charge is 0.490 e. The summed E-state index contributed by atoms with van der Waals surface area (Å²) in [6, 6.07) is 2.09. The first-order chi connectivity index (χ1) is 8.06. The number of carboxylic acids is 1. The second-order valence-electron chi connectivity index (χ2n) is 3.35. The molecule has 0 saturated heterocycles. The second kappa shape index (κ2) is 5.98. The average molecular weight is 242 g/mol. The molecule has 1 N–H and O–H groups in total. The molecule has 0 radical (unpaired) electrons. The van der Waals surface area contributed by atoms with Gasteiger partial charge in [0.05, 0.1) is 13.0 Å². The van der Waals surface area contributed by atoms with Crippen LogP contribution in [-0.4, -0.2) is 17.7 Å². The van der Waals surface area contributed by atoms with E-state index < -0.39 is 24.0 Å². The first-order valence-corrected chi connectivity index (χ1v) is 4.98. The number of ether oxygens (including phenoxy) is 1. The molecule has 0 heterocycles. The molecule has 0 aliphatic carbocycles. The summed E-state index contributed by atoms with van der Waals surface area (Å²) in [5.41, 5.74) is 0.112. The van der Waals surface area contributed by atoms with Crippen LogP contribution in [0.2, 0.25) is 0 Å². The number of carboxylic acid groups (broad SMARTS) is 1. The van der Waals surface area contributed by atoms with Gasteiger partial charge >= 0.3 is 5.97 Å². The molecule has 1 rings (SSSR count). The Bertz CT molecular complexity index is 430. The number of benzene rings is 1. The first kappa shape index (κ1) is 13.2. The van der Waals surface area contributed by atoms with Gasteiger partial charge in [-0.05, 0) is 12.5 Å². The highest BCUT2D eigenvalue weighted by Crippen LogP contribution is 2.25. The lowest BCUT2D eigenvalue weighted by molar-refractivity contribution is -0.136. The van der Waals surface area contributed by atoms with Crippen LogP contribution in [-0.2, 0) is 11.2 Å². The van der Waals surface area contributed by atoms with Gasteiger partial charge in [0.25, 0.3) is 0 Å². The fourth-order valence-electron chi connectivity index (χ4n) is 1.27. The summed E-state index contributed by atoms with van der Waals surface area (Å²) in [5.74, 6) is -3.70. The van der Waals surface area contributed by atoms with Crippen LogP contribution < -0.4 is 4.74 Å². The lowest BCUT2D eigenvalue weighted by atomic mass is 10.1. The molecule has 0 saturated carbocycles. The third-order valence-electron chi connectivity index (χ3n) is 2.04. The monoisotopic (exact) mass is 242 g/mol. The van der Waals surface area contributed by atoms with Crippen molar-refractivity contribution in [2.45, 2.75) is 12.8 Å². The number of hydrogen-bond acceptors (Lipinski definition) is 2. The van der Waals surface area contributed by atoms with E-state index in [2.05, 4.69) is 6.58 Å². The molecule has 1 aromatic rings. The maximum atomic E-state index is 13.4. The van der Waals surface area contributed by atoms with Crippen molar-refractivity contribution in [1.29, 1.82) is 0 Å². The maximum Gasteiger partial charge on any atom is 0.307 e. The van der Waals surface area contributed by atoms with Gasteiger partial charge in [-0.2, -0.15) is 4.39 Å². The van der Waals surface area contributed by atoms with Gasteiger partial charge in [0.2, 0.25) is 5.82 Å². The van der Waals surface area contributed by atoms with Crippen molar-refractivity contribution in [2.24, 2.45) is 0 Å².